The van der Waals surface area contributed by atoms with E-state index in [1.54, 1.807) is 15.9 Å². The first-order valence-corrected chi connectivity index (χ1v) is 6.52. The summed E-state index contributed by atoms with van der Waals surface area (Å²) in [6, 6.07) is 1.58. The Balaban J connectivity index is 1.52. The lowest BCUT2D eigenvalue weighted by Crippen LogP contribution is -2.55. The molecule has 0 aromatic carbocycles. The number of piperazine rings is 1. The summed E-state index contributed by atoms with van der Waals surface area (Å²) < 4.78 is 9.99. The van der Waals surface area contributed by atoms with Crippen LogP contribution in [-0.2, 0) is 11.3 Å². The Bertz CT molecular complexity index is 529. The van der Waals surface area contributed by atoms with Gasteiger partial charge in [0.1, 0.15) is 6.61 Å². The van der Waals surface area contributed by atoms with Gasteiger partial charge in [-0.15, -0.1) is 0 Å². The quantitative estimate of drug-likeness (QED) is 0.843. The number of urea groups is 1. The third-order valence-corrected chi connectivity index (χ3v) is 3.49. The average Bonchev–Trinajstić information content (AvgIpc) is 3.02. The minimum atomic E-state index is -0.285. The molecule has 0 saturated carbocycles. The summed E-state index contributed by atoms with van der Waals surface area (Å²) >= 11 is 0. The molecule has 8 heteroatoms. The number of rotatable bonds is 2. The lowest BCUT2D eigenvalue weighted by atomic mass is 10.2. The second kappa shape index (κ2) is 5.03. The Hall–Kier alpha value is -2.25. The smallest absolute Gasteiger partial charge is 0.410 e. The van der Waals surface area contributed by atoms with Crippen LogP contribution in [0, 0.1) is 6.92 Å². The van der Waals surface area contributed by atoms with Gasteiger partial charge in [0, 0.05) is 25.7 Å². The first-order valence-electron chi connectivity index (χ1n) is 6.52. The van der Waals surface area contributed by atoms with Crippen molar-refractivity contribution in [2.75, 3.05) is 26.2 Å². The molecule has 0 unspecified atom stereocenters. The minimum absolute atomic E-state index is 0.0328. The van der Waals surface area contributed by atoms with Crippen LogP contribution in [-0.4, -0.2) is 59.4 Å². The van der Waals surface area contributed by atoms with Gasteiger partial charge in [-0.05, 0) is 6.92 Å². The highest BCUT2D eigenvalue weighted by Crippen LogP contribution is 2.17. The summed E-state index contributed by atoms with van der Waals surface area (Å²) in [5.41, 5.74) is 0.782. The minimum Gasteiger partial charge on any atom is -0.447 e. The standard InChI is InChI=1S/C12H16N4O4/c1-8-4-10(20-14-8)5-13-11(17)15-2-3-16-9(6-15)7-19-12(16)18/h4,9H,2-3,5-7H2,1H3,(H,13,17)/t9-/m1/s1. The van der Waals surface area contributed by atoms with Crippen LogP contribution in [0.5, 0.6) is 0 Å². The Morgan fingerprint density at radius 3 is 3.15 bits per heavy atom. The van der Waals surface area contributed by atoms with Gasteiger partial charge in [0.05, 0.1) is 18.3 Å². The molecule has 20 heavy (non-hydrogen) atoms. The van der Waals surface area contributed by atoms with Crippen LogP contribution in [0.25, 0.3) is 0 Å². The van der Waals surface area contributed by atoms with Gasteiger partial charge in [0.2, 0.25) is 0 Å². The number of carbonyl (C=O) groups excluding carboxylic acids is 2. The fraction of sp³-hybridized carbons (Fsp3) is 0.583. The number of fused-ring (bicyclic) bond motifs is 1. The molecule has 1 atom stereocenters. The van der Waals surface area contributed by atoms with Crippen LogP contribution in [0.2, 0.25) is 0 Å². The summed E-state index contributed by atoms with van der Waals surface area (Å²) in [4.78, 5) is 26.8. The zero-order valence-electron chi connectivity index (χ0n) is 11.2. The molecular formula is C12H16N4O4. The van der Waals surface area contributed by atoms with Crippen molar-refractivity contribution in [2.45, 2.75) is 19.5 Å². The lowest BCUT2D eigenvalue weighted by molar-refractivity contribution is 0.126. The maximum Gasteiger partial charge on any atom is 0.410 e. The van der Waals surface area contributed by atoms with Gasteiger partial charge < -0.3 is 19.5 Å². The predicted octanol–water partition coefficient (Wildman–Crippen LogP) is 0.329. The van der Waals surface area contributed by atoms with Crippen LogP contribution in [0.4, 0.5) is 9.59 Å². The van der Waals surface area contributed by atoms with Gasteiger partial charge in [0.25, 0.3) is 0 Å². The largest absolute Gasteiger partial charge is 0.447 e. The Morgan fingerprint density at radius 2 is 2.40 bits per heavy atom. The fourth-order valence-corrected chi connectivity index (χ4v) is 2.45. The molecule has 0 bridgehead atoms. The maximum atomic E-state index is 12.1. The molecule has 1 N–H and O–H groups in total. The number of hydrogen-bond donors (Lipinski definition) is 1. The van der Waals surface area contributed by atoms with Crippen molar-refractivity contribution in [1.29, 1.82) is 0 Å². The van der Waals surface area contributed by atoms with E-state index in [2.05, 4.69) is 10.5 Å². The molecule has 0 radical (unpaired) electrons. The Labute approximate surface area is 115 Å². The van der Waals surface area contributed by atoms with E-state index in [-0.39, 0.29) is 18.2 Å². The summed E-state index contributed by atoms with van der Waals surface area (Å²) in [6.07, 6.45) is -0.285. The summed E-state index contributed by atoms with van der Waals surface area (Å²) in [6.45, 7) is 3.99. The van der Waals surface area contributed by atoms with E-state index >= 15 is 0 Å². The molecule has 2 saturated heterocycles. The van der Waals surface area contributed by atoms with Crippen molar-refractivity contribution in [3.05, 3.63) is 17.5 Å². The third-order valence-electron chi connectivity index (χ3n) is 3.49. The number of hydrogen-bond acceptors (Lipinski definition) is 5. The molecule has 2 fully saturated rings. The van der Waals surface area contributed by atoms with E-state index in [0.29, 0.717) is 38.5 Å². The van der Waals surface area contributed by atoms with Crippen molar-refractivity contribution in [3.63, 3.8) is 0 Å². The van der Waals surface area contributed by atoms with E-state index in [9.17, 15) is 9.59 Å². The van der Waals surface area contributed by atoms with Gasteiger partial charge in [-0.1, -0.05) is 5.16 Å². The highest BCUT2D eigenvalue weighted by molar-refractivity contribution is 5.75. The number of ether oxygens (including phenoxy) is 1. The van der Waals surface area contributed by atoms with Crippen molar-refractivity contribution in [3.8, 4) is 0 Å². The number of amides is 3. The number of cyclic esters (lactones) is 1. The molecule has 0 aliphatic carbocycles. The van der Waals surface area contributed by atoms with Crippen molar-refractivity contribution in [1.82, 2.24) is 20.3 Å². The van der Waals surface area contributed by atoms with Gasteiger partial charge in [-0.25, -0.2) is 9.59 Å². The summed E-state index contributed by atoms with van der Waals surface area (Å²) in [7, 11) is 0. The normalized spacial score (nSPS) is 21.6. The zero-order valence-corrected chi connectivity index (χ0v) is 11.2. The van der Waals surface area contributed by atoms with Crippen molar-refractivity contribution >= 4 is 12.1 Å². The number of nitrogens with one attached hydrogen (secondary N) is 1. The number of aromatic nitrogens is 1. The maximum absolute atomic E-state index is 12.1. The van der Waals surface area contributed by atoms with E-state index in [0.717, 1.165) is 5.69 Å². The molecule has 0 spiro atoms. The molecule has 1 aromatic heterocycles. The number of carbonyl (C=O) groups is 2. The molecule has 2 aliphatic rings. The topological polar surface area (TPSA) is 87.9 Å². The SMILES string of the molecule is Cc1cc(CNC(=O)N2CCN3C(=O)OC[C@H]3C2)on1. The summed E-state index contributed by atoms with van der Waals surface area (Å²) in [5.74, 6) is 0.619. The van der Waals surface area contributed by atoms with E-state index in [4.69, 9.17) is 9.26 Å². The fourth-order valence-electron chi connectivity index (χ4n) is 2.45. The molecule has 8 nitrogen and oxygen atoms in total. The molecule has 2 aliphatic heterocycles. The number of nitrogens with zero attached hydrogens (tertiary/aromatic N) is 3. The molecule has 3 rings (SSSR count). The van der Waals surface area contributed by atoms with Crippen molar-refractivity contribution < 1.29 is 18.8 Å². The first-order chi connectivity index (χ1) is 9.63. The first kappa shape index (κ1) is 12.8. The molecule has 1 aromatic rings. The van der Waals surface area contributed by atoms with Gasteiger partial charge in [-0.2, -0.15) is 0 Å². The van der Waals surface area contributed by atoms with Crippen molar-refractivity contribution in [2.24, 2.45) is 0 Å². The van der Waals surface area contributed by atoms with Crippen LogP contribution in [0.15, 0.2) is 10.6 Å². The van der Waals surface area contributed by atoms with Crippen LogP contribution in [0.1, 0.15) is 11.5 Å². The Morgan fingerprint density at radius 1 is 1.55 bits per heavy atom. The second-order valence-electron chi connectivity index (χ2n) is 4.96. The lowest BCUT2D eigenvalue weighted by Gasteiger charge is -2.35. The van der Waals surface area contributed by atoms with E-state index in [1.165, 1.54) is 0 Å². The van der Waals surface area contributed by atoms with Crippen LogP contribution in [0.3, 0.4) is 0 Å². The Kier molecular flexibility index (Phi) is 3.21. The average molecular weight is 280 g/mol. The third kappa shape index (κ3) is 2.40. The number of aryl methyl sites for hydroxylation is 1. The van der Waals surface area contributed by atoms with Crippen LogP contribution >= 0.6 is 0 Å². The van der Waals surface area contributed by atoms with Crippen LogP contribution < -0.4 is 5.32 Å². The highest BCUT2D eigenvalue weighted by Gasteiger charge is 2.38. The highest BCUT2D eigenvalue weighted by atomic mass is 16.6. The predicted molar refractivity (Wildman–Crippen MR) is 66.9 cm³/mol. The molecular weight excluding hydrogens is 264 g/mol. The van der Waals surface area contributed by atoms with E-state index in [1.807, 2.05) is 6.92 Å². The zero-order chi connectivity index (χ0) is 14.1. The van der Waals surface area contributed by atoms with Gasteiger partial charge >= 0.3 is 12.1 Å². The van der Waals surface area contributed by atoms with E-state index < -0.39 is 0 Å². The molecule has 3 amide bonds. The van der Waals surface area contributed by atoms with Gasteiger partial charge in [-0.3, -0.25) is 4.90 Å². The van der Waals surface area contributed by atoms with Gasteiger partial charge in [0.15, 0.2) is 5.76 Å². The summed E-state index contributed by atoms with van der Waals surface area (Å²) in [5, 5.41) is 6.54. The molecule has 3 heterocycles. The monoisotopic (exact) mass is 280 g/mol. The molecule has 108 valence electrons. The second-order valence-corrected chi connectivity index (χ2v) is 4.96.